The molecule has 6 aromatic carbocycles. The molecule has 0 N–H and O–H groups in total. The number of anilines is 2. The Labute approximate surface area is 360 Å². The topological polar surface area (TPSA) is 21.3 Å². The van der Waals surface area contributed by atoms with E-state index < -0.39 is 0 Å². The molecule has 0 fully saturated rings. The van der Waals surface area contributed by atoms with E-state index in [4.69, 9.17) is 4.42 Å². The van der Waals surface area contributed by atoms with Gasteiger partial charge in [-0.3, -0.25) is 0 Å². The number of fused-ring (bicyclic) bond motifs is 13. The molecule has 3 aromatic heterocycles. The number of hydrogen-bond donors (Lipinski definition) is 0. The first-order valence-corrected chi connectivity index (χ1v) is 22.7. The summed E-state index contributed by atoms with van der Waals surface area (Å²) in [6, 6.07) is 49.9. The zero-order valence-corrected chi connectivity index (χ0v) is 35.2. The van der Waals surface area contributed by atoms with Gasteiger partial charge in [-0.25, -0.2) is 0 Å². The molecule has 4 heteroatoms. The molecule has 1 atom stereocenters. The lowest BCUT2D eigenvalue weighted by Crippen LogP contribution is -2.19. The Morgan fingerprint density at radius 1 is 0.689 bits per heavy atom. The molecule has 3 nitrogen and oxygen atoms in total. The lowest BCUT2D eigenvalue weighted by atomic mass is 9.82. The van der Waals surface area contributed by atoms with Crippen molar-refractivity contribution in [2.45, 2.75) is 57.3 Å². The fourth-order valence-electron chi connectivity index (χ4n) is 11.2. The smallest absolute Gasteiger partial charge is 0.140 e. The van der Waals surface area contributed by atoms with Crippen molar-refractivity contribution in [3.05, 3.63) is 203 Å². The zero-order chi connectivity index (χ0) is 40.4. The first kappa shape index (κ1) is 35.2. The van der Waals surface area contributed by atoms with Crippen molar-refractivity contribution in [1.29, 1.82) is 0 Å². The maximum absolute atomic E-state index is 6.89. The van der Waals surface area contributed by atoms with Crippen LogP contribution in [0.15, 0.2) is 168 Å². The van der Waals surface area contributed by atoms with Crippen LogP contribution in [0.2, 0.25) is 0 Å². The molecular weight excluding hydrogens is 761 g/mol. The highest BCUT2D eigenvalue weighted by molar-refractivity contribution is 7.26. The molecule has 13 rings (SSSR count). The predicted octanol–water partition coefficient (Wildman–Crippen LogP) is 15.4. The van der Waals surface area contributed by atoms with E-state index in [1.54, 1.807) is 0 Å². The van der Waals surface area contributed by atoms with E-state index in [1.807, 2.05) is 11.3 Å². The number of para-hydroxylation sites is 1. The molecule has 0 bridgehead atoms. The van der Waals surface area contributed by atoms with Gasteiger partial charge < -0.3 is 13.9 Å². The molecule has 0 aliphatic heterocycles. The lowest BCUT2D eigenvalue weighted by molar-refractivity contribution is 0.561. The van der Waals surface area contributed by atoms with Gasteiger partial charge in [0.05, 0.1) is 5.52 Å². The highest BCUT2D eigenvalue weighted by Gasteiger charge is 2.37. The van der Waals surface area contributed by atoms with Gasteiger partial charge in [0.1, 0.15) is 11.5 Å². The van der Waals surface area contributed by atoms with Crippen LogP contribution in [0.4, 0.5) is 11.4 Å². The fourth-order valence-corrected chi connectivity index (χ4v) is 12.5. The van der Waals surface area contributed by atoms with Crippen LogP contribution in [-0.2, 0) is 24.7 Å². The van der Waals surface area contributed by atoms with E-state index in [1.165, 1.54) is 98.3 Å². The van der Waals surface area contributed by atoms with E-state index >= 15 is 0 Å². The Morgan fingerprint density at radius 3 is 2.39 bits per heavy atom. The second-order valence-electron chi connectivity index (χ2n) is 17.8. The fraction of sp³-hybridized carbons (Fsp3) is 0.158. The van der Waals surface area contributed by atoms with Crippen molar-refractivity contribution < 1.29 is 4.42 Å². The van der Waals surface area contributed by atoms with Crippen molar-refractivity contribution in [3.63, 3.8) is 0 Å². The monoisotopic (exact) mass is 804 g/mol. The number of rotatable bonds is 5. The Hall–Kier alpha value is -6.62. The molecule has 0 saturated carbocycles. The minimum absolute atomic E-state index is 0.113. The van der Waals surface area contributed by atoms with E-state index in [-0.39, 0.29) is 5.41 Å². The van der Waals surface area contributed by atoms with Crippen molar-refractivity contribution in [2.24, 2.45) is 0 Å². The van der Waals surface area contributed by atoms with Gasteiger partial charge in [0, 0.05) is 82.0 Å². The van der Waals surface area contributed by atoms with Gasteiger partial charge in [-0.15, -0.1) is 11.3 Å². The van der Waals surface area contributed by atoms with Gasteiger partial charge in [-0.1, -0.05) is 117 Å². The zero-order valence-electron chi connectivity index (χ0n) is 34.4. The molecule has 0 saturated heterocycles. The Bertz CT molecular complexity index is 3380. The molecule has 1 unspecified atom stereocenters. The second kappa shape index (κ2) is 13.2. The first-order valence-electron chi connectivity index (χ1n) is 21.9. The Balaban J connectivity index is 0.990. The minimum Gasteiger partial charge on any atom is -0.456 e. The van der Waals surface area contributed by atoms with Crippen LogP contribution in [-0.4, -0.2) is 4.57 Å². The number of furan rings is 1. The lowest BCUT2D eigenvalue weighted by Gasteiger charge is -2.31. The molecule has 4 aliphatic rings. The van der Waals surface area contributed by atoms with Crippen molar-refractivity contribution in [2.75, 3.05) is 4.90 Å². The van der Waals surface area contributed by atoms with Crippen LogP contribution in [0, 0.1) is 0 Å². The molecule has 0 spiro atoms. The molecule has 4 aliphatic carbocycles. The summed E-state index contributed by atoms with van der Waals surface area (Å²) in [6.07, 6.45) is 16.8. The van der Waals surface area contributed by atoms with Gasteiger partial charge in [0.25, 0.3) is 0 Å². The van der Waals surface area contributed by atoms with E-state index in [0.717, 1.165) is 49.3 Å². The molecule has 9 aromatic rings. The van der Waals surface area contributed by atoms with E-state index in [0.29, 0.717) is 5.92 Å². The van der Waals surface area contributed by atoms with E-state index in [9.17, 15) is 0 Å². The SMILES string of the molecule is CC1(C)c2ccccc2-c2ccc(N(C3=CCC(c4cccc5c4sc4ccccc45)C=C3)c3ccc4c(c3)c3c(n4-c4ccccc4)CCc4c-3oc3c4CCC=C3)cc21. The molecule has 294 valence electrons. The quantitative estimate of drug-likeness (QED) is 0.173. The maximum Gasteiger partial charge on any atom is 0.140 e. The first-order chi connectivity index (χ1) is 30.0. The van der Waals surface area contributed by atoms with Gasteiger partial charge in [0.15, 0.2) is 0 Å². The number of nitrogens with zero attached hydrogens (tertiary/aromatic N) is 2. The molecule has 0 amide bonds. The Morgan fingerprint density at radius 2 is 1.49 bits per heavy atom. The van der Waals surface area contributed by atoms with Gasteiger partial charge in [-0.2, -0.15) is 0 Å². The number of hydrogen-bond acceptors (Lipinski definition) is 3. The summed E-state index contributed by atoms with van der Waals surface area (Å²) in [5, 5.41) is 3.95. The third-order valence-electron chi connectivity index (χ3n) is 14.1. The van der Waals surface area contributed by atoms with E-state index in [2.05, 4.69) is 187 Å². The van der Waals surface area contributed by atoms with Crippen LogP contribution >= 0.6 is 11.3 Å². The molecular formula is C57H44N2OS. The summed E-state index contributed by atoms with van der Waals surface area (Å²) in [5.41, 5.74) is 18.1. The second-order valence-corrected chi connectivity index (χ2v) is 18.8. The third kappa shape index (κ3) is 5.15. The number of benzene rings is 6. The van der Waals surface area contributed by atoms with Crippen LogP contribution in [0.25, 0.3) is 65.3 Å². The van der Waals surface area contributed by atoms with Gasteiger partial charge >= 0.3 is 0 Å². The standard InChI is InChI=1S/C57H44N2OS/c1-57(2)48-20-9-6-15-41(48)42-29-27-39(34-49(42)57)58(37-25-23-35(24-26-37)40-18-12-19-46-44-17-8-11-22-53(44)61-56(40)46)38-28-31-50-47(33-38)54-51(59(50)36-13-4-3-5-14-36)32-30-45-43-16-7-10-21-52(43)60-55(45)54/h3-6,8-15,17-23,25-29,31,33-35H,7,16,24,30,32H2,1-2H3. The number of thiophene rings is 1. The number of aromatic nitrogens is 1. The summed E-state index contributed by atoms with van der Waals surface area (Å²) in [4.78, 5) is 2.51. The predicted molar refractivity (Wildman–Crippen MR) is 256 cm³/mol. The van der Waals surface area contributed by atoms with Crippen molar-refractivity contribution in [3.8, 4) is 28.1 Å². The average Bonchev–Trinajstić information content (AvgIpc) is 4.04. The molecule has 3 heterocycles. The molecule has 61 heavy (non-hydrogen) atoms. The highest BCUT2D eigenvalue weighted by atomic mass is 32.1. The normalized spacial score (nSPS) is 17.0. The summed E-state index contributed by atoms with van der Waals surface area (Å²) in [5.74, 6) is 2.40. The summed E-state index contributed by atoms with van der Waals surface area (Å²) < 4.78 is 12.1. The summed E-state index contributed by atoms with van der Waals surface area (Å²) >= 11 is 1.93. The summed E-state index contributed by atoms with van der Waals surface area (Å²) in [7, 11) is 0. The van der Waals surface area contributed by atoms with Crippen LogP contribution in [0.5, 0.6) is 0 Å². The Kier molecular flexibility index (Phi) is 7.60. The van der Waals surface area contributed by atoms with Crippen molar-refractivity contribution >= 4 is 59.9 Å². The average molecular weight is 805 g/mol. The van der Waals surface area contributed by atoms with Gasteiger partial charge in [0.2, 0.25) is 0 Å². The van der Waals surface area contributed by atoms with Crippen LogP contribution in [0.1, 0.15) is 71.9 Å². The molecule has 0 radical (unpaired) electrons. The van der Waals surface area contributed by atoms with Crippen LogP contribution < -0.4 is 4.90 Å². The van der Waals surface area contributed by atoms with Gasteiger partial charge in [-0.05, 0) is 121 Å². The minimum atomic E-state index is -0.113. The van der Waals surface area contributed by atoms with Crippen LogP contribution in [0.3, 0.4) is 0 Å². The number of allylic oxidation sites excluding steroid dienone is 4. The highest BCUT2D eigenvalue weighted by Crippen LogP contribution is 2.52. The largest absolute Gasteiger partial charge is 0.456 e. The maximum atomic E-state index is 6.89. The third-order valence-corrected chi connectivity index (χ3v) is 15.4. The summed E-state index contributed by atoms with van der Waals surface area (Å²) in [6.45, 7) is 4.76. The van der Waals surface area contributed by atoms with Crippen molar-refractivity contribution in [1.82, 2.24) is 4.57 Å².